The fourth-order valence-electron chi connectivity index (χ4n) is 1.04. The van der Waals surface area contributed by atoms with Crippen LogP contribution in [0.3, 0.4) is 0 Å². The molecule has 0 saturated carbocycles. The Labute approximate surface area is 83.6 Å². The van der Waals surface area contributed by atoms with Crippen molar-refractivity contribution in [3.05, 3.63) is 18.2 Å². The summed E-state index contributed by atoms with van der Waals surface area (Å²) in [5.41, 5.74) is 5.96. The van der Waals surface area contributed by atoms with Crippen molar-refractivity contribution in [3.63, 3.8) is 0 Å². The SMILES string of the molecule is CCOc1ccc(S(C)(=O)=O)cc1N. The summed E-state index contributed by atoms with van der Waals surface area (Å²) in [7, 11) is -3.19. The maximum Gasteiger partial charge on any atom is 0.175 e. The second kappa shape index (κ2) is 3.88. The lowest BCUT2D eigenvalue weighted by Gasteiger charge is -2.07. The van der Waals surface area contributed by atoms with Gasteiger partial charge in [-0.3, -0.25) is 0 Å². The minimum absolute atomic E-state index is 0.207. The third kappa shape index (κ3) is 2.38. The van der Waals surface area contributed by atoms with Gasteiger partial charge in [-0.05, 0) is 25.1 Å². The number of anilines is 1. The van der Waals surface area contributed by atoms with Crippen molar-refractivity contribution >= 4 is 15.5 Å². The molecule has 0 unspecified atom stereocenters. The van der Waals surface area contributed by atoms with Crippen molar-refractivity contribution in [3.8, 4) is 5.75 Å². The standard InChI is InChI=1S/C9H13NO3S/c1-3-13-9-5-4-7(6-8(9)10)14(2,11)12/h4-6H,3,10H2,1-2H3. The van der Waals surface area contributed by atoms with E-state index in [0.29, 0.717) is 18.0 Å². The van der Waals surface area contributed by atoms with Gasteiger partial charge in [-0.25, -0.2) is 8.42 Å². The number of sulfone groups is 1. The van der Waals surface area contributed by atoms with Crippen LogP contribution < -0.4 is 10.5 Å². The van der Waals surface area contributed by atoms with E-state index in [-0.39, 0.29) is 4.90 Å². The number of benzene rings is 1. The third-order valence-electron chi connectivity index (χ3n) is 1.71. The number of nitrogens with two attached hydrogens (primary N) is 1. The average Bonchev–Trinajstić information content (AvgIpc) is 2.07. The molecule has 0 spiro atoms. The van der Waals surface area contributed by atoms with Crippen LogP contribution in [-0.4, -0.2) is 21.3 Å². The second-order valence-electron chi connectivity index (χ2n) is 2.90. The second-order valence-corrected chi connectivity index (χ2v) is 4.92. The maximum absolute atomic E-state index is 11.2. The first kappa shape index (κ1) is 10.8. The first-order chi connectivity index (χ1) is 6.45. The number of hydrogen-bond donors (Lipinski definition) is 1. The Hall–Kier alpha value is -1.23. The molecular weight excluding hydrogens is 202 g/mol. The van der Waals surface area contributed by atoms with E-state index in [9.17, 15) is 8.42 Å². The fourth-order valence-corrected chi connectivity index (χ4v) is 1.70. The molecule has 0 aliphatic heterocycles. The van der Waals surface area contributed by atoms with Gasteiger partial charge in [-0.1, -0.05) is 0 Å². The molecule has 0 atom stereocenters. The molecule has 5 heteroatoms. The predicted octanol–water partition coefficient (Wildman–Crippen LogP) is 1.07. The van der Waals surface area contributed by atoms with Crippen LogP contribution in [-0.2, 0) is 9.84 Å². The monoisotopic (exact) mass is 215 g/mol. The number of hydrogen-bond acceptors (Lipinski definition) is 4. The summed E-state index contributed by atoms with van der Waals surface area (Å²) in [5.74, 6) is 0.514. The molecule has 0 bridgehead atoms. The van der Waals surface area contributed by atoms with Crippen molar-refractivity contribution in [2.45, 2.75) is 11.8 Å². The van der Waals surface area contributed by atoms with Gasteiger partial charge in [0.15, 0.2) is 9.84 Å². The summed E-state index contributed by atoms with van der Waals surface area (Å²) >= 11 is 0. The lowest BCUT2D eigenvalue weighted by molar-refractivity contribution is 0.342. The van der Waals surface area contributed by atoms with Crippen molar-refractivity contribution in [1.29, 1.82) is 0 Å². The van der Waals surface area contributed by atoms with Crippen LogP contribution in [0.5, 0.6) is 5.75 Å². The number of nitrogen functional groups attached to an aromatic ring is 1. The third-order valence-corrected chi connectivity index (χ3v) is 2.82. The van der Waals surface area contributed by atoms with Gasteiger partial charge in [0.25, 0.3) is 0 Å². The normalized spacial score (nSPS) is 11.3. The van der Waals surface area contributed by atoms with E-state index in [0.717, 1.165) is 6.26 Å². The van der Waals surface area contributed by atoms with Crippen molar-refractivity contribution in [2.75, 3.05) is 18.6 Å². The van der Waals surface area contributed by atoms with E-state index < -0.39 is 9.84 Å². The Kier molecular flexibility index (Phi) is 3.00. The van der Waals surface area contributed by atoms with E-state index in [1.165, 1.54) is 12.1 Å². The van der Waals surface area contributed by atoms with Gasteiger partial charge in [0.05, 0.1) is 17.2 Å². The first-order valence-electron chi connectivity index (χ1n) is 4.17. The van der Waals surface area contributed by atoms with Crippen molar-refractivity contribution < 1.29 is 13.2 Å². The zero-order valence-electron chi connectivity index (χ0n) is 8.15. The van der Waals surface area contributed by atoms with Crippen molar-refractivity contribution in [1.82, 2.24) is 0 Å². The molecule has 14 heavy (non-hydrogen) atoms. The molecule has 1 aromatic rings. The summed E-state index contributed by atoms with van der Waals surface area (Å²) in [4.78, 5) is 0.207. The highest BCUT2D eigenvalue weighted by molar-refractivity contribution is 7.90. The van der Waals surface area contributed by atoms with Gasteiger partial charge in [0.2, 0.25) is 0 Å². The summed E-state index contributed by atoms with van der Waals surface area (Å²) in [6, 6.07) is 4.45. The summed E-state index contributed by atoms with van der Waals surface area (Å²) in [6.07, 6.45) is 1.14. The fraction of sp³-hybridized carbons (Fsp3) is 0.333. The minimum atomic E-state index is -3.19. The highest BCUT2D eigenvalue weighted by atomic mass is 32.2. The Bertz CT molecular complexity index is 426. The van der Waals surface area contributed by atoms with E-state index in [4.69, 9.17) is 10.5 Å². The van der Waals surface area contributed by atoms with Gasteiger partial charge >= 0.3 is 0 Å². The molecule has 0 radical (unpaired) electrons. The smallest absolute Gasteiger partial charge is 0.175 e. The average molecular weight is 215 g/mol. The van der Waals surface area contributed by atoms with Crippen LogP contribution in [0.15, 0.2) is 23.1 Å². The lowest BCUT2D eigenvalue weighted by Crippen LogP contribution is -2.01. The maximum atomic E-state index is 11.2. The molecule has 1 aromatic carbocycles. The van der Waals surface area contributed by atoms with Crippen LogP contribution in [0.25, 0.3) is 0 Å². The Morgan fingerprint density at radius 2 is 2.07 bits per heavy atom. The van der Waals surface area contributed by atoms with E-state index in [1.54, 1.807) is 6.07 Å². The number of ether oxygens (including phenoxy) is 1. The summed E-state index contributed by atoms with van der Waals surface area (Å²) in [5, 5.41) is 0. The van der Waals surface area contributed by atoms with Crippen molar-refractivity contribution in [2.24, 2.45) is 0 Å². The molecule has 4 nitrogen and oxygen atoms in total. The van der Waals surface area contributed by atoms with E-state index >= 15 is 0 Å². The molecule has 0 fully saturated rings. The van der Waals surface area contributed by atoms with Crippen LogP contribution in [0.1, 0.15) is 6.92 Å². The topological polar surface area (TPSA) is 69.4 Å². The highest BCUT2D eigenvalue weighted by Gasteiger charge is 2.09. The molecule has 2 N–H and O–H groups in total. The zero-order chi connectivity index (χ0) is 10.8. The first-order valence-corrected chi connectivity index (χ1v) is 6.06. The molecule has 78 valence electrons. The molecule has 0 aromatic heterocycles. The van der Waals surface area contributed by atoms with Crippen LogP contribution in [0, 0.1) is 0 Å². The molecule has 0 saturated heterocycles. The van der Waals surface area contributed by atoms with Crippen LogP contribution in [0.2, 0.25) is 0 Å². The Morgan fingerprint density at radius 3 is 2.50 bits per heavy atom. The largest absolute Gasteiger partial charge is 0.492 e. The van der Waals surface area contributed by atoms with Gasteiger partial charge in [-0.15, -0.1) is 0 Å². The molecule has 0 amide bonds. The van der Waals surface area contributed by atoms with Crippen LogP contribution >= 0.6 is 0 Å². The summed E-state index contributed by atoms with van der Waals surface area (Å²) in [6.45, 7) is 2.34. The Morgan fingerprint density at radius 1 is 1.43 bits per heavy atom. The molecule has 0 aliphatic carbocycles. The highest BCUT2D eigenvalue weighted by Crippen LogP contribution is 2.24. The molecule has 0 aliphatic rings. The van der Waals surface area contributed by atoms with Gasteiger partial charge in [0, 0.05) is 6.26 Å². The lowest BCUT2D eigenvalue weighted by atomic mass is 10.3. The molecular formula is C9H13NO3S. The minimum Gasteiger partial charge on any atom is -0.492 e. The van der Waals surface area contributed by atoms with E-state index in [1.807, 2.05) is 6.92 Å². The summed E-state index contributed by atoms with van der Waals surface area (Å²) < 4.78 is 27.5. The van der Waals surface area contributed by atoms with Gasteiger partial charge in [-0.2, -0.15) is 0 Å². The Balaban J connectivity index is 3.13. The van der Waals surface area contributed by atoms with Crippen LogP contribution in [0.4, 0.5) is 5.69 Å². The van der Waals surface area contributed by atoms with Gasteiger partial charge in [0.1, 0.15) is 5.75 Å². The zero-order valence-corrected chi connectivity index (χ0v) is 8.97. The quantitative estimate of drug-likeness (QED) is 0.766. The number of rotatable bonds is 3. The molecule has 0 heterocycles. The van der Waals surface area contributed by atoms with E-state index in [2.05, 4.69) is 0 Å². The molecule has 1 rings (SSSR count). The predicted molar refractivity (Wildman–Crippen MR) is 55.1 cm³/mol. The van der Waals surface area contributed by atoms with Gasteiger partial charge < -0.3 is 10.5 Å².